The molecule has 0 saturated heterocycles. The maximum Gasteiger partial charge on any atom is 0.234 e. The number of rotatable bonds is 8. The van der Waals surface area contributed by atoms with Crippen molar-refractivity contribution in [2.45, 2.75) is 19.3 Å². The number of nitriles is 1. The molecular formula is C26H23Cl2N5OS. The molecule has 1 N–H and O–H groups in total. The molecule has 2 heterocycles. The minimum absolute atomic E-state index is 0.284. The van der Waals surface area contributed by atoms with Crippen LogP contribution in [0.15, 0.2) is 54.9 Å². The first-order chi connectivity index (χ1) is 16.9. The van der Waals surface area contributed by atoms with Crippen molar-refractivity contribution in [1.82, 2.24) is 15.0 Å². The van der Waals surface area contributed by atoms with Gasteiger partial charge in [-0.3, -0.25) is 4.72 Å². The summed E-state index contributed by atoms with van der Waals surface area (Å²) >= 11 is 13.6. The van der Waals surface area contributed by atoms with Crippen LogP contribution < -0.4 is 9.46 Å². The van der Waals surface area contributed by atoms with Crippen LogP contribution in [0, 0.1) is 11.3 Å². The maximum atomic E-state index is 9.64. The number of hydrogen-bond acceptors (Lipinski definition) is 7. The van der Waals surface area contributed by atoms with E-state index in [1.807, 2.05) is 30.7 Å². The minimum Gasteiger partial charge on any atom is -0.489 e. The molecule has 0 aliphatic carbocycles. The van der Waals surface area contributed by atoms with Crippen LogP contribution in [0.5, 0.6) is 5.75 Å². The zero-order valence-corrected chi connectivity index (χ0v) is 21.8. The van der Waals surface area contributed by atoms with Gasteiger partial charge in [-0.25, -0.2) is 9.97 Å². The molecule has 0 radical (unpaired) electrons. The van der Waals surface area contributed by atoms with Crippen LogP contribution in [0.1, 0.15) is 30.5 Å². The molecule has 9 heteroatoms. The molecule has 2 aromatic carbocycles. The van der Waals surface area contributed by atoms with Crippen molar-refractivity contribution in [1.29, 1.82) is 5.26 Å². The molecule has 0 unspecified atom stereocenters. The van der Waals surface area contributed by atoms with Gasteiger partial charge in [0.25, 0.3) is 0 Å². The first-order valence-corrected chi connectivity index (χ1v) is 13.0. The summed E-state index contributed by atoms with van der Waals surface area (Å²) in [5.41, 5.74) is 4.65. The molecule has 0 spiro atoms. The van der Waals surface area contributed by atoms with Crippen LogP contribution in [0.25, 0.3) is 22.2 Å². The largest absolute Gasteiger partial charge is 0.489 e. The molecule has 6 nitrogen and oxygen atoms in total. The number of pyridine rings is 1. The van der Waals surface area contributed by atoms with Crippen LogP contribution in [0.3, 0.4) is 0 Å². The van der Waals surface area contributed by atoms with Gasteiger partial charge in [0.15, 0.2) is 11.4 Å². The van der Waals surface area contributed by atoms with E-state index in [1.165, 1.54) is 11.9 Å². The number of hydrogen-bond donors (Lipinski definition) is 1. The molecule has 178 valence electrons. The number of anilines is 1. The van der Waals surface area contributed by atoms with Crippen LogP contribution in [-0.2, 0) is 5.41 Å². The topological polar surface area (TPSA) is 83.7 Å². The maximum absolute atomic E-state index is 9.64. The molecule has 35 heavy (non-hydrogen) atoms. The third-order valence-corrected chi connectivity index (χ3v) is 6.60. The summed E-state index contributed by atoms with van der Waals surface area (Å²) in [7, 11) is 0. The van der Waals surface area contributed by atoms with E-state index >= 15 is 0 Å². The highest BCUT2D eigenvalue weighted by molar-refractivity contribution is 7.99. The molecular weight excluding hydrogens is 501 g/mol. The Labute approximate surface area is 218 Å². The Hall–Kier alpha value is -3.05. The summed E-state index contributed by atoms with van der Waals surface area (Å²) in [5, 5.41) is 10.9. The van der Waals surface area contributed by atoms with Crippen molar-refractivity contribution in [2.24, 2.45) is 0 Å². The summed E-state index contributed by atoms with van der Waals surface area (Å²) in [4.78, 5) is 13.3. The number of aromatic nitrogens is 3. The monoisotopic (exact) mass is 523 g/mol. The molecule has 0 atom stereocenters. The molecule has 0 fully saturated rings. The van der Waals surface area contributed by atoms with Crippen molar-refractivity contribution in [3.63, 3.8) is 0 Å². The highest BCUT2D eigenvalue weighted by Crippen LogP contribution is 2.38. The molecule has 0 amide bonds. The number of benzene rings is 2. The number of nitrogens with one attached hydrogen (secondary N) is 1. The van der Waals surface area contributed by atoms with Crippen LogP contribution in [-0.4, -0.2) is 33.7 Å². The summed E-state index contributed by atoms with van der Waals surface area (Å²) in [6.07, 6.45) is 5.50. The Morgan fingerprint density at radius 2 is 1.83 bits per heavy atom. The predicted octanol–water partition coefficient (Wildman–Crippen LogP) is 6.85. The van der Waals surface area contributed by atoms with E-state index < -0.39 is 5.41 Å². The Kier molecular flexibility index (Phi) is 7.66. The lowest BCUT2D eigenvalue weighted by Crippen LogP contribution is -2.19. The van der Waals surface area contributed by atoms with Gasteiger partial charge in [-0.1, -0.05) is 61.7 Å². The van der Waals surface area contributed by atoms with Crippen LogP contribution >= 0.6 is 35.1 Å². The van der Waals surface area contributed by atoms with E-state index in [0.717, 1.165) is 27.6 Å². The fourth-order valence-electron chi connectivity index (χ4n) is 3.79. The lowest BCUT2D eigenvalue weighted by molar-refractivity contribution is 0.341. The quantitative estimate of drug-likeness (QED) is 0.199. The Morgan fingerprint density at radius 1 is 1.06 bits per heavy atom. The number of halogens is 2. The SMILES string of the molecule is CSNc1ncc2cc(-c3ccc(C(C)(C)c4cc(Cl)c(OCCCl)c(C#N)c4)cc3)cnc2n1. The third kappa shape index (κ3) is 5.30. The summed E-state index contributed by atoms with van der Waals surface area (Å²) < 4.78 is 8.61. The zero-order valence-electron chi connectivity index (χ0n) is 19.5. The molecule has 0 bridgehead atoms. The second kappa shape index (κ2) is 10.7. The molecule has 4 rings (SSSR count). The highest BCUT2D eigenvalue weighted by atomic mass is 35.5. The smallest absolute Gasteiger partial charge is 0.234 e. The predicted molar refractivity (Wildman–Crippen MR) is 144 cm³/mol. The van der Waals surface area contributed by atoms with Crippen molar-refractivity contribution in [3.05, 3.63) is 76.6 Å². The Bertz CT molecular complexity index is 1400. The summed E-state index contributed by atoms with van der Waals surface area (Å²) in [5.74, 6) is 1.22. The van der Waals surface area contributed by atoms with E-state index in [4.69, 9.17) is 27.9 Å². The van der Waals surface area contributed by atoms with Crippen molar-refractivity contribution in [2.75, 3.05) is 23.5 Å². The number of ether oxygens (including phenoxy) is 1. The number of nitrogens with zero attached hydrogens (tertiary/aromatic N) is 4. The summed E-state index contributed by atoms with van der Waals surface area (Å²) in [6, 6.07) is 16.2. The van der Waals surface area contributed by atoms with Crippen LogP contribution in [0.2, 0.25) is 5.02 Å². The lowest BCUT2D eigenvalue weighted by atomic mass is 9.77. The van der Waals surface area contributed by atoms with E-state index in [2.05, 4.69) is 63.9 Å². The number of fused-ring (bicyclic) bond motifs is 1. The Morgan fingerprint density at radius 3 is 2.51 bits per heavy atom. The molecule has 2 aromatic heterocycles. The zero-order chi connectivity index (χ0) is 25.0. The average molecular weight is 524 g/mol. The van der Waals surface area contributed by atoms with Crippen molar-refractivity contribution < 1.29 is 4.74 Å². The fraction of sp³-hybridized carbons (Fsp3) is 0.231. The standard InChI is InChI=1S/C26H23Cl2N5OS/c1-26(2,21-11-17(13-29)23(22(28)12-21)34-9-8-27)20-6-4-16(5-7-20)18-10-19-15-31-25(33-35-3)32-24(19)30-14-18/h4-7,10-12,14-15H,8-9H2,1-3H3,(H,30,31,32,33). The normalized spacial score (nSPS) is 11.3. The van der Waals surface area contributed by atoms with Gasteiger partial charge < -0.3 is 4.74 Å². The highest BCUT2D eigenvalue weighted by Gasteiger charge is 2.26. The fourth-order valence-corrected chi connectivity index (χ4v) is 4.42. The Balaban J connectivity index is 1.63. The van der Waals surface area contributed by atoms with Gasteiger partial charge in [0, 0.05) is 35.0 Å². The lowest BCUT2D eigenvalue weighted by Gasteiger charge is -2.27. The van der Waals surface area contributed by atoms with Gasteiger partial charge in [0.2, 0.25) is 5.95 Å². The van der Waals surface area contributed by atoms with E-state index in [-0.39, 0.29) is 6.61 Å². The van der Waals surface area contributed by atoms with Crippen molar-refractivity contribution >= 4 is 52.1 Å². The minimum atomic E-state index is -0.394. The van der Waals surface area contributed by atoms with Gasteiger partial charge in [-0.05, 0) is 34.9 Å². The van der Waals surface area contributed by atoms with Crippen LogP contribution in [0.4, 0.5) is 5.95 Å². The van der Waals surface area contributed by atoms with Gasteiger partial charge in [-0.15, -0.1) is 11.6 Å². The second-order valence-electron chi connectivity index (χ2n) is 8.32. The van der Waals surface area contributed by atoms with E-state index in [0.29, 0.717) is 33.8 Å². The second-order valence-corrected chi connectivity index (χ2v) is 9.72. The number of alkyl halides is 1. The summed E-state index contributed by atoms with van der Waals surface area (Å²) in [6.45, 7) is 4.48. The third-order valence-electron chi connectivity index (χ3n) is 5.78. The van der Waals surface area contributed by atoms with Gasteiger partial charge in [0.1, 0.15) is 12.7 Å². The molecule has 0 saturated carbocycles. The van der Waals surface area contributed by atoms with E-state index in [1.54, 1.807) is 6.20 Å². The van der Waals surface area contributed by atoms with Gasteiger partial charge in [-0.2, -0.15) is 10.2 Å². The van der Waals surface area contributed by atoms with Gasteiger partial charge in [0.05, 0.1) is 16.5 Å². The molecule has 4 aromatic rings. The molecule has 0 aliphatic heterocycles. The first-order valence-electron chi connectivity index (χ1n) is 10.8. The average Bonchev–Trinajstić information content (AvgIpc) is 2.87. The van der Waals surface area contributed by atoms with Crippen molar-refractivity contribution in [3.8, 4) is 22.9 Å². The van der Waals surface area contributed by atoms with Gasteiger partial charge >= 0.3 is 0 Å². The molecule has 0 aliphatic rings. The first kappa shape index (κ1) is 25.1. The van der Waals surface area contributed by atoms with E-state index in [9.17, 15) is 5.26 Å².